The van der Waals surface area contributed by atoms with E-state index in [0.29, 0.717) is 12.5 Å². The number of rotatable bonds is 4. The summed E-state index contributed by atoms with van der Waals surface area (Å²) in [4.78, 5) is 21.1. The number of carbonyl (C=O) groups excluding carboxylic acids is 1. The van der Waals surface area contributed by atoms with Gasteiger partial charge in [0.15, 0.2) is 0 Å². The van der Waals surface area contributed by atoms with Gasteiger partial charge in [-0.05, 0) is 19.4 Å². The van der Waals surface area contributed by atoms with Crippen LogP contribution in [0, 0.1) is 6.92 Å². The van der Waals surface area contributed by atoms with E-state index in [1.165, 1.54) is 0 Å². The topological polar surface area (TPSA) is 58.1 Å². The zero-order valence-electron chi connectivity index (χ0n) is 9.32. The van der Waals surface area contributed by atoms with E-state index in [1.807, 2.05) is 13.8 Å². The first kappa shape index (κ1) is 11.4. The molecule has 1 heterocycles. The highest BCUT2D eigenvalue weighted by molar-refractivity contribution is 5.80. The van der Waals surface area contributed by atoms with Gasteiger partial charge < -0.3 is 10.2 Å². The summed E-state index contributed by atoms with van der Waals surface area (Å²) in [6.07, 6.45) is 3.42. The van der Waals surface area contributed by atoms with E-state index in [9.17, 15) is 4.79 Å². The Bertz CT molecular complexity index is 323. The Kier molecular flexibility index (Phi) is 4.03. The zero-order chi connectivity index (χ0) is 11.3. The molecule has 0 radical (unpaired) electrons. The van der Waals surface area contributed by atoms with E-state index >= 15 is 0 Å². The molecule has 1 amide bonds. The molecule has 1 aromatic rings. The van der Waals surface area contributed by atoms with Crippen molar-refractivity contribution in [1.29, 1.82) is 0 Å². The average molecular weight is 208 g/mol. The number of nitrogens with zero attached hydrogens (tertiary/aromatic N) is 3. The first-order valence-electron chi connectivity index (χ1n) is 4.90. The van der Waals surface area contributed by atoms with E-state index in [4.69, 9.17) is 0 Å². The molecule has 5 heteroatoms. The van der Waals surface area contributed by atoms with Crippen LogP contribution in [0.25, 0.3) is 0 Å². The minimum atomic E-state index is 0.0293. The van der Waals surface area contributed by atoms with Gasteiger partial charge in [0.2, 0.25) is 11.9 Å². The number of anilines is 1. The number of carbonyl (C=O) groups is 1. The van der Waals surface area contributed by atoms with Crippen molar-refractivity contribution in [2.45, 2.75) is 13.8 Å². The highest BCUT2D eigenvalue weighted by Gasteiger charge is 2.06. The number of likely N-dealkylation sites (N-methyl/N-ethyl adjacent to an activating group) is 1. The van der Waals surface area contributed by atoms with Gasteiger partial charge in [-0.1, -0.05) is 0 Å². The Hall–Kier alpha value is -1.65. The van der Waals surface area contributed by atoms with Crippen LogP contribution in [0.3, 0.4) is 0 Å². The Morgan fingerprint density at radius 1 is 1.47 bits per heavy atom. The molecule has 1 aromatic heterocycles. The van der Waals surface area contributed by atoms with Crippen LogP contribution in [-0.2, 0) is 4.79 Å². The number of hydrogen-bond donors (Lipinski definition) is 1. The second kappa shape index (κ2) is 5.29. The molecule has 0 aliphatic heterocycles. The number of aromatic nitrogens is 2. The van der Waals surface area contributed by atoms with Gasteiger partial charge in [0.1, 0.15) is 0 Å². The third-order valence-electron chi connectivity index (χ3n) is 2.08. The molecule has 0 saturated heterocycles. The van der Waals surface area contributed by atoms with Gasteiger partial charge in [-0.25, -0.2) is 9.97 Å². The third-order valence-corrected chi connectivity index (χ3v) is 2.08. The van der Waals surface area contributed by atoms with Crippen molar-refractivity contribution in [2.75, 3.05) is 25.5 Å². The van der Waals surface area contributed by atoms with Crippen LogP contribution < -0.4 is 5.32 Å². The Morgan fingerprint density at radius 3 is 2.60 bits per heavy atom. The second-order valence-corrected chi connectivity index (χ2v) is 3.35. The van der Waals surface area contributed by atoms with Gasteiger partial charge in [-0.3, -0.25) is 4.79 Å². The van der Waals surface area contributed by atoms with Crippen molar-refractivity contribution in [3.63, 3.8) is 0 Å². The third kappa shape index (κ3) is 3.53. The van der Waals surface area contributed by atoms with Crippen molar-refractivity contribution in [2.24, 2.45) is 0 Å². The molecule has 0 spiro atoms. The summed E-state index contributed by atoms with van der Waals surface area (Å²) in [6.45, 7) is 4.78. The summed E-state index contributed by atoms with van der Waals surface area (Å²) in [7, 11) is 1.76. The van der Waals surface area contributed by atoms with Gasteiger partial charge in [-0.15, -0.1) is 0 Å². The largest absolute Gasteiger partial charge is 0.345 e. The van der Waals surface area contributed by atoms with Gasteiger partial charge in [0.25, 0.3) is 0 Å². The fourth-order valence-electron chi connectivity index (χ4n) is 0.950. The Labute approximate surface area is 89.5 Å². The van der Waals surface area contributed by atoms with E-state index in [-0.39, 0.29) is 12.5 Å². The molecule has 0 bridgehead atoms. The summed E-state index contributed by atoms with van der Waals surface area (Å²) in [6, 6.07) is 0. The first-order chi connectivity index (χ1) is 7.13. The number of amides is 1. The Balaban J connectivity index is 2.43. The average Bonchev–Trinajstić information content (AvgIpc) is 2.26. The fraction of sp³-hybridized carbons (Fsp3) is 0.500. The zero-order valence-corrected chi connectivity index (χ0v) is 9.32. The lowest BCUT2D eigenvalue weighted by molar-refractivity contribution is -0.127. The van der Waals surface area contributed by atoms with Crippen LogP contribution >= 0.6 is 0 Å². The lowest BCUT2D eigenvalue weighted by Crippen LogP contribution is -2.32. The minimum Gasteiger partial charge on any atom is -0.345 e. The standard InChI is InChI=1S/C10H16N4O/c1-4-14(3)9(15)7-13-10-11-5-8(2)6-12-10/h5-6H,4,7H2,1-3H3,(H,11,12,13). The second-order valence-electron chi connectivity index (χ2n) is 3.35. The molecule has 0 unspecified atom stereocenters. The molecule has 0 aromatic carbocycles. The van der Waals surface area contributed by atoms with Crippen LogP contribution in [0.15, 0.2) is 12.4 Å². The monoisotopic (exact) mass is 208 g/mol. The van der Waals surface area contributed by atoms with Crippen LogP contribution in [0.4, 0.5) is 5.95 Å². The fourth-order valence-corrected chi connectivity index (χ4v) is 0.950. The quantitative estimate of drug-likeness (QED) is 0.790. The highest BCUT2D eigenvalue weighted by atomic mass is 16.2. The number of nitrogens with one attached hydrogen (secondary N) is 1. The number of hydrogen-bond acceptors (Lipinski definition) is 4. The predicted molar refractivity (Wildman–Crippen MR) is 58.6 cm³/mol. The van der Waals surface area contributed by atoms with Crippen molar-refractivity contribution in [3.8, 4) is 0 Å². The van der Waals surface area contributed by atoms with Crippen molar-refractivity contribution in [3.05, 3.63) is 18.0 Å². The van der Waals surface area contributed by atoms with Gasteiger partial charge in [0, 0.05) is 26.0 Å². The normalized spacial score (nSPS) is 9.80. The van der Waals surface area contributed by atoms with E-state index in [2.05, 4.69) is 15.3 Å². The molecule has 0 atom stereocenters. The molecule has 15 heavy (non-hydrogen) atoms. The summed E-state index contributed by atoms with van der Waals surface area (Å²) in [5.41, 5.74) is 0.998. The van der Waals surface area contributed by atoms with Crippen LogP contribution in [0.2, 0.25) is 0 Å². The molecule has 82 valence electrons. The molecule has 1 rings (SSSR count). The van der Waals surface area contributed by atoms with Crippen molar-refractivity contribution >= 4 is 11.9 Å². The molecular weight excluding hydrogens is 192 g/mol. The van der Waals surface area contributed by atoms with E-state index in [1.54, 1.807) is 24.3 Å². The van der Waals surface area contributed by atoms with Crippen molar-refractivity contribution < 1.29 is 4.79 Å². The lowest BCUT2D eigenvalue weighted by Gasteiger charge is -2.14. The first-order valence-corrected chi connectivity index (χ1v) is 4.90. The molecule has 0 aliphatic carbocycles. The van der Waals surface area contributed by atoms with Crippen molar-refractivity contribution in [1.82, 2.24) is 14.9 Å². The summed E-state index contributed by atoms with van der Waals surface area (Å²) >= 11 is 0. The number of aryl methyl sites for hydroxylation is 1. The Morgan fingerprint density at radius 2 is 2.07 bits per heavy atom. The molecule has 1 N–H and O–H groups in total. The van der Waals surface area contributed by atoms with Crippen LogP contribution in [0.5, 0.6) is 0 Å². The summed E-state index contributed by atoms with van der Waals surface area (Å²) < 4.78 is 0. The molecule has 0 aliphatic rings. The highest BCUT2D eigenvalue weighted by Crippen LogP contribution is 1.98. The van der Waals surface area contributed by atoms with Crippen LogP contribution in [0.1, 0.15) is 12.5 Å². The van der Waals surface area contributed by atoms with Gasteiger partial charge in [-0.2, -0.15) is 0 Å². The summed E-state index contributed by atoms with van der Waals surface area (Å²) in [5, 5.41) is 2.87. The summed E-state index contributed by atoms with van der Waals surface area (Å²) in [5.74, 6) is 0.514. The lowest BCUT2D eigenvalue weighted by atomic mass is 10.4. The molecular formula is C10H16N4O. The van der Waals surface area contributed by atoms with Gasteiger partial charge >= 0.3 is 0 Å². The molecule has 0 saturated carbocycles. The smallest absolute Gasteiger partial charge is 0.241 e. The SMILES string of the molecule is CCN(C)C(=O)CNc1ncc(C)cn1. The maximum Gasteiger partial charge on any atom is 0.241 e. The maximum atomic E-state index is 11.4. The minimum absolute atomic E-state index is 0.0293. The van der Waals surface area contributed by atoms with E-state index in [0.717, 1.165) is 5.56 Å². The van der Waals surface area contributed by atoms with Gasteiger partial charge in [0.05, 0.1) is 6.54 Å². The van der Waals surface area contributed by atoms with Crippen LogP contribution in [-0.4, -0.2) is 40.9 Å². The molecule has 0 fully saturated rings. The molecule has 5 nitrogen and oxygen atoms in total. The maximum absolute atomic E-state index is 11.4. The predicted octanol–water partition coefficient (Wildman–Crippen LogP) is 0.675. The van der Waals surface area contributed by atoms with E-state index < -0.39 is 0 Å².